The Morgan fingerprint density at radius 1 is 1.18 bits per heavy atom. The van der Waals surface area contributed by atoms with Gasteiger partial charge in [-0.25, -0.2) is 0 Å². The van der Waals surface area contributed by atoms with Gasteiger partial charge in [0.05, 0.1) is 37.4 Å². The van der Waals surface area contributed by atoms with Gasteiger partial charge in [0.2, 0.25) is 0 Å². The van der Waals surface area contributed by atoms with Crippen molar-refractivity contribution in [3.05, 3.63) is 11.6 Å². The standard InChI is InChI=1S/C13H22N2O7/c14-7-11(19)8(6-3-21-13(7)22-6)15-5-1-4(2-16)9(17)12(20)10(5)18/h1,5-13,15-20H,2-3,14H2/t5-,6+,7+,8+,9+,10-,11+,12-,13+/m0/s1. The first kappa shape index (κ1) is 16.2. The average Bonchev–Trinajstić information content (AvgIpc) is 2.96. The molecule has 9 atom stereocenters. The monoisotopic (exact) mass is 318 g/mol. The number of aliphatic hydroxyl groups is 5. The maximum absolute atomic E-state index is 10.3. The van der Waals surface area contributed by atoms with Crippen LogP contribution in [0.25, 0.3) is 0 Å². The van der Waals surface area contributed by atoms with E-state index >= 15 is 0 Å². The zero-order valence-corrected chi connectivity index (χ0v) is 11.8. The summed E-state index contributed by atoms with van der Waals surface area (Å²) in [6, 6.07) is -2.10. The average molecular weight is 318 g/mol. The van der Waals surface area contributed by atoms with Crippen LogP contribution in [0.4, 0.5) is 0 Å². The summed E-state index contributed by atoms with van der Waals surface area (Å²) >= 11 is 0. The van der Waals surface area contributed by atoms with Crippen LogP contribution >= 0.6 is 0 Å². The topological polar surface area (TPSA) is 158 Å². The van der Waals surface area contributed by atoms with E-state index in [0.29, 0.717) is 0 Å². The first-order valence-corrected chi connectivity index (χ1v) is 7.26. The summed E-state index contributed by atoms with van der Waals surface area (Å²) in [7, 11) is 0. The highest BCUT2D eigenvalue weighted by Gasteiger charge is 2.50. The number of fused-ring (bicyclic) bond motifs is 2. The number of aliphatic hydroxyl groups excluding tert-OH is 5. The molecular weight excluding hydrogens is 296 g/mol. The first-order chi connectivity index (χ1) is 10.4. The van der Waals surface area contributed by atoms with Crippen molar-refractivity contribution in [3.63, 3.8) is 0 Å². The zero-order valence-electron chi connectivity index (χ0n) is 11.8. The molecule has 0 spiro atoms. The fourth-order valence-corrected chi connectivity index (χ4v) is 3.22. The van der Waals surface area contributed by atoms with Crippen molar-refractivity contribution in [2.75, 3.05) is 13.2 Å². The van der Waals surface area contributed by atoms with Crippen molar-refractivity contribution < 1.29 is 35.0 Å². The fraction of sp³-hybridized carbons (Fsp3) is 0.846. The van der Waals surface area contributed by atoms with Gasteiger partial charge < -0.3 is 46.1 Å². The van der Waals surface area contributed by atoms with Gasteiger partial charge in [-0.3, -0.25) is 0 Å². The second-order valence-corrected chi connectivity index (χ2v) is 5.99. The van der Waals surface area contributed by atoms with Crippen LogP contribution in [0.1, 0.15) is 0 Å². The highest BCUT2D eigenvalue weighted by Crippen LogP contribution is 2.29. The van der Waals surface area contributed by atoms with Crippen LogP contribution in [-0.2, 0) is 9.47 Å². The van der Waals surface area contributed by atoms with Crippen molar-refractivity contribution in [2.45, 2.75) is 54.9 Å². The van der Waals surface area contributed by atoms with Crippen LogP contribution in [-0.4, -0.2) is 93.7 Å². The van der Waals surface area contributed by atoms with E-state index in [1.54, 1.807) is 0 Å². The van der Waals surface area contributed by atoms with Gasteiger partial charge in [-0.1, -0.05) is 6.08 Å². The Kier molecular flexibility index (Phi) is 4.52. The minimum Gasteiger partial charge on any atom is -0.392 e. The molecule has 8 N–H and O–H groups in total. The lowest BCUT2D eigenvalue weighted by atomic mass is 9.86. The molecule has 9 heteroatoms. The van der Waals surface area contributed by atoms with Crippen LogP contribution in [0.3, 0.4) is 0 Å². The number of ether oxygens (including phenoxy) is 2. The molecule has 0 aromatic heterocycles. The lowest BCUT2D eigenvalue weighted by Gasteiger charge is -2.41. The van der Waals surface area contributed by atoms with Crippen LogP contribution in [0.2, 0.25) is 0 Å². The van der Waals surface area contributed by atoms with Gasteiger partial charge in [0.25, 0.3) is 0 Å². The highest BCUT2D eigenvalue weighted by atomic mass is 16.7. The lowest BCUT2D eigenvalue weighted by Crippen LogP contribution is -2.66. The Bertz CT molecular complexity index is 448. The predicted octanol–water partition coefficient (Wildman–Crippen LogP) is -4.23. The molecule has 0 radical (unpaired) electrons. The zero-order chi connectivity index (χ0) is 16.0. The Morgan fingerprint density at radius 3 is 2.59 bits per heavy atom. The normalized spacial score (nSPS) is 51.7. The van der Waals surface area contributed by atoms with E-state index in [0.717, 1.165) is 0 Å². The van der Waals surface area contributed by atoms with Crippen LogP contribution in [0.15, 0.2) is 11.6 Å². The number of nitrogens with two attached hydrogens (primary N) is 1. The fourth-order valence-electron chi connectivity index (χ4n) is 3.22. The highest BCUT2D eigenvalue weighted by molar-refractivity contribution is 5.22. The summed E-state index contributed by atoms with van der Waals surface area (Å²) in [5.74, 6) is 0. The van der Waals surface area contributed by atoms with E-state index in [9.17, 15) is 25.5 Å². The first-order valence-electron chi connectivity index (χ1n) is 7.26. The summed E-state index contributed by atoms with van der Waals surface area (Å²) in [6.07, 6.45) is -4.64. The molecule has 2 heterocycles. The molecule has 1 aliphatic carbocycles. The number of hydrogen-bond acceptors (Lipinski definition) is 9. The second-order valence-electron chi connectivity index (χ2n) is 5.99. The van der Waals surface area contributed by atoms with Crippen molar-refractivity contribution >= 4 is 0 Å². The molecule has 2 saturated heterocycles. The lowest BCUT2D eigenvalue weighted by molar-refractivity contribution is -0.147. The van der Waals surface area contributed by atoms with E-state index in [1.165, 1.54) is 6.08 Å². The van der Waals surface area contributed by atoms with Gasteiger partial charge >= 0.3 is 0 Å². The van der Waals surface area contributed by atoms with Crippen molar-refractivity contribution in [1.29, 1.82) is 0 Å². The molecule has 2 fully saturated rings. The maximum atomic E-state index is 10.3. The molecule has 22 heavy (non-hydrogen) atoms. The van der Waals surface area contributed by atoms with Crippen LogP contribution in [0.5, 0.6) is 0 Å². The summed E-state index contributed by atoms with van der Waals surface area (Å²) in [5, 5.41) is 52.2. The number of rotatable bonds is 3. The van der Waals surface area contributed by atoms with Gasteiger partial charge in [0.1, 0.15) is 24.4 Å². The van der Waals surface area contributed by atoms with Gasteiger partial charge in [0, 0.05) is 0 Å². The molecule has 0 saturated carbocycles. The molecule has 3 rings (SSSR count). The Morgan fingerprint density at radius 2 is 1.91 bits per heavy atom. The SMILES string of the molecule is N[C@H]1[C@@H]2OC[C@@H](O2)[C@@H](N[C@H]2C=C(CO)[C@@H](O)[C@H](O)[C@H]2O)[C@@H]1O. The minimum absolute atomic E-state index is 0.200. The van der Waals surface area contributed by atoms with Crippen molar-refractivity contribution in [2.24, 2.45) is 5.73 Å². The quantitative estimate of drug-likeness (QED) is 0.256. The smallest absolute Gasteiger partial charge is 0.175 e. The molecule has 9 nitrogen and oxygen atoms in total. The third-order valence-electron chi connectivity index (χ3n) is 4.59. The Balaban J connectivity index is 1.78. The summed E-state index contributed by atoms with van der Waals surface area (Å²) in [4.78, 5) is 0. The van der Waals surface area contributed by atoms with E-state index in [2.05, 4.69) is 5.32 Å². The third kappa shape index (κ3) is 2.58. The Labute approximate surface area is 126 Å². The van der Waals surface area contributed by atoms with Crippen molar-refractivity contribution in [3.8, 4) is 0 Å². The molecule has 0 aromatic carbocycles. The van der Waals surface area contributed by atoms with E-state index < -0.39 is 61.5 Å². The molecular formula is C13H22N2O7. The van der Waals surface area contributed by atoms with Gasteiger partial charge in [-0.15, -0.1) is 0 Å². The van der Waals surface area contributed by atoms with E-state index in [4.69, 9.17) is 15.2 Å². The summed E-state index contributed by atoms with van der Waals surface area (Å²) in [5.41, 5.74) is 6.05. The predicted molar refractivity (Wildman–Crippen MR) is 72.5 cm³/mol. The number of nitrogens with one attached hydrogen (secondary N) is 1. The molecule has 0 amide bonds. The second kappa shape index (κ2) is 6.11. The van der Waals surface area contributed by atoms with Crippen molar-refractivity contribution in [1.82, 2.24) is 5.32 Å². The summed E-state index contributed by atoms with van der Waals surface area (Å²) < 4.78 is 10.9. The van der Waals surface area contributed by atoms with E-state index in [-0.39, 0.29) is 12.2 Å². The van der Waals surface area contributed by atoms with Gasteiger partial charge in [0.15, 0.2) is 6.29 Å². The minimum atomic E-state index is -1.44. The largest absolute Gasteiger partial charge is 0.392 e. The molecule has 0 aromatic rings. The Hall–Kier alpha value is -0.620. The molecule has 2 bridgehead atoms. The maximum Gasteiger partial charge on any atom is 0.175 e. The molecule has 0 unspecified atom stereocenters. The van der Waals surface area contributed by atoms with Crippen LogP contribution < -0.4 is 11.1 Å². The summed E-state index contributed by atoms with van der Waals surface area (Å²) in [6.45, 7) is -0.182. The third-order valence-corrected chi connectivity index (χ3v) is 4.59. The molecule has 2 aliphatic heterocycles. The van der Waals surface area contributed by atoms with E-state index in [1.807, 2.05) is 0 Å². The molecule has 126 valence electrons. The van der Waals surface area contributed by atoms with Crippen LogP contribution in [0, 0.1) is 0 Å². The number of hydrogen-bond donors (Lipinski definition) is 7. The van der Waals surface area contributed by atoms with Gasteiger partial charge in [-0.2, -0.15) is 0 Å². The van der Waals surface area contributed by atoms with Gasteiger partial charge in [-0.05, 0) is 5.57 Å². The molecule has 3 aliphatic rings.